The Bertz CT molecular complexity index is 189. The Morgan fingerprint density at radius 1 is 1.55 bits per heavy atom. The third-order valence-electron chi connectivity index (χ3n) is 1.04. The van der Waals surface area contributed by atoms with E-state index >= 15 is 0 Å². The minimum Gasteiger partial charge on any atom is -0.365 e. The fourth-order valence-electron chi connectivity index (χ4n) is 0.382. The van der Waals surface area contributed by atoms with Crippen LogP contribution in [0.5, 0.6) is 0 Å². The van der Waals surface area contributed by atoms with Gasteiger partial charge >= 0.3 is 18.1 Å². The topological polar surface area (TPSA) is 65.0 Å². The summed E-state index contributed by atoms with van der Waals surface area (Å²) in [6.07, 6.45) is -1.65. The van der Waals surface area contributed by atoms with Gasteiger partial charge in [-0.2, -0.15) is 8.78 Å². The zero-order chi connectivity index (χ0) is 8.70. The summed E-state index contributed by atoms with van der Waals surface area (Å²) in [5.74, 6) is -3.22. The summed E-state index contributed by atoms with van der Waals surface area (Å²) in [7, 11) is 0. The van der Waals surface area contributed by atoms with E-state index in [2.05, 4.69) is 14.5 Å². The Balaban J connectivity index is 2.80. The lowest BCUT2D eigenvalue weighted by Crippen LogP contribution is -2.54. The van der Waals surface area contributed by atoms with Gasteiger partial charge in [-0.3, -0.25) is 4.89 Å². The van der Waals surface area contributed by atoms with Gasteiger partial charge in [0.2, 0.25) is 0 Å². The van der Waals surface area contributed by atoms with E-state index in [1.54, 1.807) is 0 Å². The van der Waals surface area contributed by atoms with Crippen LogP contribution in [-0.4, -0.2) is 23.2 Å². The van der Waals surface area contributed by atoms with E-state index in [4.69, 9.17) is 5.11 Å². The molecule has 2 unspecified atom stereocenters. The molecular formula is C4H4F2O5. The van der Waals surface area contributed by atoms with Crippen molar-refractivity contribution in [2.75, 3.05) is 0 Å². The number of ether oxygens (including phenoxy) is 1. The van der Waals surface area contributed by atoms with Crippen molar-refractivity contribution in [3.63, 3.8) is 0 Å². The number of alkyl halides is 2. The van der Waals surface area contributed by atoms with Gasteiger partial charge in [-0.05, 0) is 0 Å². The molecule has 1 aliphatic heterocycles. The van der Waals surface area contributed by atoms with E-state index in [1.165, 1.54) is 0 Å². The van der Waals surface area contributed by atoms with Crippen LogP contribution in [0.15, 0.2) is 0 Å². The third-order valence-corrected chi connectivity index (χ3v) is 1.04. The molecule has 1 N–H and O–H groups in total. The summed E-state index contributed by atoms with van der Waals surface area (Å²) in [4.78, 5) is 17.0. The molecule has 11 heavy (non-hydrogen) atoms. The van der Waals surface area contributed by atoms with Crippen LogP contribution in [0.2, 0.25) is 0 Å². The summed E-state index contributed by atoms with van der Waals surface area (Å²) >= 11 is 0. The highest BCUT2D eigenvalue weighted by molar-refractivity contribution is 5.60. The van der Waals surface area contributed by atoms with Crippen LogP contribution in [0.25, 0.3) is 0 Å². The van der Waals surface area contributed by atoms with Crippen LogP contribution in [-0.2, 0) is 14.5 Å². The van der Waals surface area contributed by atoms with Crippen LogP contribution >= 0.6 is 0 Å². The highest BCUT2D eigenvalue weighted by Gasteiger charge is 2.60. The Kier molecular flexibility index (Phi) is 1.49. The maximum Gasteiger partial charge on any atom is 0.545 e. The van der Waals surface area contributed by atoms with Gasteiger partial charge in [-0.15, -0.1) is 4.89 Å². The molecule has 2 atom stereocenters. The number of halogens is 2. The molecule has 0 bridgehead atoms. The largest absolute Gasteiger partial charge is 0.545 e. The molecule has 1 saturated heterocycles. The second-order valence-corrected chi connectivity index (χ2v) is 2.00. The van der Waals surface area contributed by atoms with Crippen LogP contribution in [0.1, 0.15) is 6.92 Å². The minimum atomic E-state index is -3.82. The summed E-state index contributed by atoms with van der Waals surface area (Å²) in [5.41, 5.74) is 0. The van der Waals surface area contributed by atoms with Crippen molar-refractivity contribution in [3.05, 3.63) is 0 Å². The maximum absolute atomic E-state index is 12.6. The number of cyclic esters (lactones) is 1. The standard InChI is InChI=1S/C4H4F2O5/c1-3(5)4(6,8)9-2(7)10-11-3/h8H,1H3. The summed E-state index contributed by atoms with van der Waals surface area (Å²) < 4.78 is 28.4. The molecule has 0 amide bonds. The number of hydrogen-bond donors (Lipinski definition) is 1. The first-order chi connectivity index (χ1) is 4.85. The molecule has 7 heteroatoms. The molecule has 64 valence electrons. The van der Waals surface area contributed by atoms with Crippen LogP contribution in [0.3, 0.4) is 0 Å². The van der Waals surface area contributed by atoms with E-state index in [1.807, 2.05) is 0 Å². The van der Waals surface area contributed by atoms with E-state index in [0.29, 0.717) is 6.92 Å². The van der Waals surface area contributed by atoms with Gasteiger partial charge in [0.15, 0.2) is 0 Å². The normalized spacial score (nSPS) is 44.5. The Labute approximate surface area is 59.4 Å². The van der Waals surface area contributed by atoms with Gasteiger partial charge in [-0.25, -0.2) is 4.79 Å². The molecule has 0 aromatic carbocycles. The first-order valence-corrected chi connectivity index (χ1v) is 2.54. The highest BCUT2D eigenvalue weighted by Crippen LogP contribution is 2.34. The predicted molar refractivity (Wildman–Crippen MR) is 24.2 cm³/mol. The Morgan fingerprint density at radius 3 is 2.45 bits per heavy atom. The second kappa shape index (κ2) is 2.02. The number of carbonyl (C=O) groups is 1. The predicted octanol–water partition coefficient (Wildman–Crippen LogP) is 0.386. The fraction of sp³-hybridized carbons (Fsp3) is 0.750. The van der Waals surface area contributed by atoms with E-state index in [9.17, 15) is 13.6 Å². The molecule has 1 fully saturated rings. The number of rotatable bonds is 0. The van der Waals surface area contributed by atoms with Crippen LogP contribution in [0.4, 0.5) is 13.6 Å². The Hall–Kier alpha value is -0.950. The van der Waals surface area contributed by atoms with Gasteiger partial charge in [0.1, 0.15) is 0 Å². The summed E-state index contributed by atoms with van der Waals surface area (Å²) in [6.45, 7) is 0.499. The second-order valence-electron chi connectivity index (χ2n) is 2.00. The molecular weight excluding hydrogens is 166 g/mol. The monoisotopic (exact) mass is 170 g/mol. The summed E-state index contributed by atoms with van der Waals surface area (Å²) in [6, 6.07) is -3.82. The average molecular weight is 170 g/mol. The van der Waals surface area contributed by atoms with Crippen molar-refractivity contribution in [1.29, 1.82) is 0 Å². The van der Waals surface area contributed by atoms with E-state index in [0.717, 1.165) is 0 Å². The third kappa shape index (κ3) is 1.24. The number of aliphatic hydroxyl groups is 1. The quantitative estimate of drug-likeness (QED) is 0.420. The lowest BCUT2D eigenvalue weighted by Gasteiger charge is -2.31. The van der Waals surface area contributed by atoms with Crippen molar-refractivity contribution >= 4 is 6.16 Å². The van der Waals surface area contributed by atoms with E-state index in [-0.39, 0.29) is 0 Å². The summed E-state index contributed by atoms with van der Waals surface area (Å²) in [5, 5.41) is 8.38. The highest BCUT2D eigenvalue weighted by atomic mass is 19.2. The molecule has 1 heterocycles. The first kappa shape index (κ1) is 8.15. The minimum absolute atomic E-state index is 0.499. The van der Waals surface area contributed by atoms with Crippen molar-refractivity contribution < 1.29 is 33.2 Å². The molecule has 0 aromatic rings. The molecule has 0 spiro atoms. The van der Waals surface area contributed by atoms with Gasteiger partial charge in [0.05, 0.1) is 0 Å². The van der Waals surface area contributed by atoms with Gasteiger partial charge in [0.25, 0.3) is 0 Å². The lowest BCUT2D eigenvalue weighted by molar-refractivity contribution is -0.507. The number of carbonyl (C=O) groups excluding carboxylic acids is 1. The maximum atomic E-state index is 12.6. The van der Waals surface area contributed by atoms with Gasteiger partial charge in [0, 0.05) is 6.92 Å². The van der Waals surface area contributed by atoms with E-state index < -0.39 is 18.1 Å². The molecule has 1 rings (SSSR count). The average Bonchev–Trinajstić information content (AvgIpc) is 1.80. The van der Waals surface area contributed by atoms with Crippen molar-refractivity contribution in [2.45, 2.75) is 18.8 Å². The zero-order valence-corrected chi connectivity index (χ0v) is 5.34. The smallest absolute Gasteiger partial charge is 0.365 e. The lowest BCUT2D eigenvalue weighted by atomic mass is 10.3. The van der Waals surface area contributed by atoms with Crippen LogP contribution in [0, 0.1) is 0 Å². The molecule has 0 aromatic heterocycles. The van der Waals surface area contributed by atoms with Gasteiger partial charge < -0.3 is 9.84 Å². The van der Waals surface area contributed by atoms with Gasteiger partial charge in [-0.1, -0.05) is 0 Å². The number of hydrogen-bond acceptors (Lipinski definition) is 5. The Morgan fingerprint density at radius 2 is 2.09 bits per heavy atom. The zero-order valence-electron chi connectivity index (χ0n) is 5.34. The van der Waals surface area contributed by atoms with Crippen molar-refractivity contribution in [2.24, 2.45) is 0 Å². The molecule has 5 nitrogen and oxygen atoms in total. The van der Waals surface area contributed by atoms with Crippen molar-refractivity contribution in [3.8, 4) is 0 Å². The molecule has 0 aliphatic carbocycles. The molecule has 0 saturated carbocycles. The molecule has 1 aliphatic rings. The first-order valence-electron chi connectivity index (χ1n) is 2.54. The van der Waals surface area contributed by atoms with Crippen LogP contribution < -0.4 is 0 Å². The molecule has 0 radical (unpaired) electrons. The fourth-order valence-corrected chi connectivity index (χ4v) is 0.382. The SMILES string of the molecule is CC1(F)OOC(=O)OC1(O)F. The van der Waals surface area contributed by atoms with Crippen molar-refractivity contribution in [1.82, 2.24) is 0 Å².